The molecule has 0 aliphatic rings. The Bertz CT molecular complexity index is 576. The molecule has 1 aromatic heterocycles. The second-order valence-corrected chi connectivity index (χ2v) is 5.76. The number of hydrogen-bond donors (Lipinski definition) is 2. The molecule has 2 N–H and O–H groups in total. The Hall–Kier alpha value is -1.24. The van der Waals surface area contributed by atoms with Crippen LogP contribution in [0.25, 0.3) is 0 Å². The number of benzene rings is 1. The van der Waals surface area contributed by atoms with Gasteiger partial charge in [-0.3, -0.25) is 9.89 Å². The number of H-pyrrole nitrogens is 1. The molecule has 1 unspecified atom stereocenters. The van der Waals surface area contributed by atoms with Crippen LogP contribution < -0.4 is 5.32 Å². The molecule has 1 heterocycles. The molecule has 1 aromatic carbocycles. The average Bonchev–Trinajstić information content (AvgIpc) is 2.87. The van der Waals surface area contributed by atoms with Crippen LogP contribution in [0.4, 0.5) is 5.69 Å². The van der Waals surface area contributed by atoms with E-state index >= 15 is 0 Å². The number of carbonyl (C=O) groups is 1. The van der Waals surface area contributed by atoms with Crippen LogP contribution in [0.5, 0.6) is 0 Å². The maximum Gasteiger partial charge on any atom is 0.237 e. The van der Waals surface area contributed by atoms with Gasteiger partial charge in [-0.2, -0.15) is 5.10 Å². The van der Waals surface area contributed by atoms with Crippen molar-refractivity contribution >= 4 is 46.6 Å². The summed E-state index contributed by atoms with van der Waals surface area (Å²) in [6, 6.07) is 5.07. The van der Waals surface area contributed by atoms with E-state index in [0.717, 1.165) is 0 Å². The number of aromatic amines is 1. The van der Waals surface area contributed by atoms with Gasteiger partial charge in [-0.15, -0.1) is 0 Å². The highest BCUT2D eigenvalue weighted by molar-refractivity contribution is 8.00. The highest BCUT2D eigenvalue weighted by Gasteiger charge is 2.17. The molecule has 1 atom stereocenters. The van der Waals surface area contributed by atoms with E-state index in [0.29, 0.717) is 20.9 Å². The van der Waals surface area contributed by atoms with Crippen molar-refractivity contribution in [1.29, 1.82) is 0 Å². The second kappa shape index (κ2) is 6.27. The Morgan fingerprint density at radius 1 is 1.47 bits per heavy atom. The minimum absolute atomic E-state index is 0.189. The van der Waals surface area contributed by atoms with Crippen molar-refractivity contribution in [2.45, 2.75) is 17.3 Å². The van der Waals surface area contributed by atoms with Gasteiger partial charge in [0.1, 0.15) is 6.33 Å². The van der Waals surface area contributed by atoms with Gasteiger partial charge in [0, 0.05) is 0 Å². The predicted octanol–water partition coefficient (Wildman–Crippen LogP) is 3.23. The molecule has 0 aliphatic carbocycles. The maximum absolute atomic E-state index is 12.0. The molecule has 0 bridgehead atoms. The number of thioether (sulfide) groups is 1. The van der Waals surface area contributed by atoms with E-state index in [4.69, 9.17) is 23.2 Å². The van der Waals surface area contributed by atoms with Gasteiger partial charge >= 0.3 is 0 Å². The highest BCUT2D eigenvalue weighted by atomic mass is 35.5. The van der Waals surface area contributed by atoms with Gasteiger partial charge in [0.05, 0.1) is 21.0 Å². The van der Waals surface area contributed by atoms with Gasteiger partial charge in [0.15, 0.2) is 5.16 Å². The van der Waals surface area contributed by atoms with Crippen LogP contribution >= 0.6 is 35.0 Å². The van der Waals surface area contributed by atoms with Crippen molar-refractivity contribution in [1.82, 2.24) is 15.2 Å². The van der Waals surface area contributed by atoms with E-state index in [2.05, 4.69) is 20.5 Å². The third-order valence-corrected chi connectivity index (χ3v) is 4.07. The molecule has 8 heteroatoms. The molecule has 100 valence electrons. The van der Waals surface area contributed by atoms with Gasteiger partial charge < -0.3 is 5.32 Å². The van der Waals surface area contributed by atoms with Crippen LogP contribution in [-0.2, 0) is 4.79 Å². The SMILES string of the molecule is CC(Sc1ncn[nH]1)C(=O)Nc1cccc(Cl)c1Cl. The van der Waals surface area contributed by atoms with Crippen LogP contribution in [0, 0.1) is 0 Å². The van der Waals surface area contributed by atoms with Gasteiger partial charge in [0.25, 0.3) is 0 Å². The summed E-state index contributed by atoms with van der Waals surface area (Å²) in [7, 11) is 0. The number of nitrogens with zero attached hydrogens (tertiary/aromatic N) is 2. The summed E-state index contributed by atoms with van der Waals surface area (Å²) in [4.78, 5) is 16.0. The lowest BCUT2D eigenvalue weighted by Gasteiger charge is -2.12. The van der Waals surface area contributed by atoms with Crippen LogP contribution in [0.2, 0.25) is 10.0 Å². The molecule has 0 fully saturated rings. The Balaban J connectivity index is 2.02. The summed E-state index contributed by atoms with van der Waals surface area (Å²) in [5.74, 6) is -0.189. The molecule has 0 aliphatic heterocycles. The Kier molecular flexibility index (Phi) is 4.68. The second-order valence-electron chi connectivity index (χ2n) is 3.64. The lowest BCUT2D eigenvalue weighted by molar-refractivity contribution is -0.115. The Morgan fingerprint density at radius 2 is 2.26 bits per heavy atom. The van der Waals surface area contributed by atoms with Crippen molar-refractivity contribution in [3.8, 4) is 0 Å². The summed E-state index contributed by atoms with van der Waals surface area (Å²) in [6.45, 7) is 1.76. The van der Waals surface area contributed by atoms with Crippen molar-refractivity contribution < 1.29 is 4.79 Å². The molecule has 0 saturated carbocycles. The summed E-state index contributed by atoms with van der Waals surface area (Å²) < 4.78 is 0. The standard InChI is InChI=1S/C11H10Cl2N4OS/c1-6(19-11-14-5-15-17-11)10(18)16-8-4-2-3-7(12)9(8)13/h2-6H,1H3,(H,16,18)(H,14,15,17). The van der Waals surface area contributed by atoms with Crippen molar-refractivity contribution in [3.05, 3.63) is 34.6 Å². The number of nitrogens with one attached hydrogen (secondary N) is 2. The smallest absolute Gasteiger partial charge is 0.237 e. The van der Waals surface area contributed by atoms with E-state index < -0.39 is 0 Å². The predicted molar refractivity (Wildman–Crippen MR) is 76.8 cm³/mol. The van der Waals surface area contributed by atoms with Crippen LogP contribution in [-0.4, -0.2) is 26.3 Å². The molecule has 19 heavy (non-hydrogen) atoms. The number of carbonyl (C=O) groups excluding carboxylic acids is 1. The fraction of sp³-hybridized carbons (Fsp3) is 0.182. The molecule has 2 aromatic rings. The zero-order valence-corrected chi connectivity index (χ0v) is 12.2. The monoisotopic (exact) mass is 316 g/mol. The normalized spacial score (nSPS) is 12.2. The van der Waals surface area contributed by atoms with Crippen LogP contribution in [0.15, 0.2) is 29.7 Å². The number of anilines is 1. The number of halogens is 2. The number of amides is 1. The molecule has 0 spiro atoms. The average molecular weight is 317 g/mol. The maximum atomic E-state index is 12.0. The lowest BCUT2D eigenvalue weighted by Crippen LogP contribution is -2.22. The van der Waals surface area contributed by atoms with Gasteiger partial charge in [-0.25, -0.2) is 4.98 Å². The van der Waals surface area contributed by atoms with Gasteiger partial charge in [-0.1, -0.05) is 41.0 Å². The summed E-state index contributed by atoms with van der Waals surface area (Å²) >= 11 is 13.2. The summed E-state index contributed by atoms with van der Waals surface area (Å²) in [5, 5.41) is 10.1. The molecular formula is C11H10Cl2N4OS. The third kappa shape index (κ3) is 3.62. The van der Waals surface area contributed by atoms with Crippen molar-refractivity contribution in [2.75, 3.05) is 5.32 Å². The molecule has 5 nitrogen and oxygen atoms in total. The number of rotatable bonds is 4. The van der Waals surface area contributed by atoms with Crippen molar-refractivity contribution in [2.24, 2.45) is 0 Å². The minimum atomic E-state index is -0.344. The Labute approximate surface area is 124 Å². The Morgan fingerprint density at radius 3 is 2.95 bits per heavy atom. The quantitative estimate of drug-likeness (QED) is 0.849. The van der Waals surface area contributed by atoms with E-state index in [1.54, 1.807) is 25.1 Å². The highest BCUT2D eigenvalue weighted by Crippen LogP contribution is 2.30. The van der Waals surface area contributed by atoms with Gasteiger partial charge in [-0.05, 0) is 19.1 Å². The molecular weight excluding hydrogens is 307 g/mol. The number of aromatic nitrogens is 3. The summed E-state index contributed by atoms with van der Waals surface area (Å²) in [5.41, 5.74) is 0.490. The fourth-order valence-corrected chi connectivity index (χ4v) is 2.37. The first-order valence-electron chi connectivity index (χ1n) is 5.35. The van der Waals surface area contributed by atoms with E-state index in [1.807, 2.05) is 0 Å². The fourth-order valence-electron chi connectivity index (χ4n) is 1.31. The largest absolute Gasteiger partial charge is 0.324 e. The van der Waals surface area contributed by atoms with E-state index in [1.165, 1.54) is 18.1 Å². The first-order chi connectivity index (χ1) is 9.08. The van der Waals surface area contributed by atoms with E-state index in [-0.39, 0.29) is 11.2 Å². The summed E-state index contributed by atoms with van der Waals surface area (Å²) in [6.07, 6.45) is 1.39. The zero-order valence-electron chi connectivity index (χ0n) is 9.85. The zero-order chi connectivity index (χ0) is 13.8. The molecule has 0 saturated heterocycles. The van der Waals surface area contributed by atoms with Gasteiger partial charge in [0.2, 0.25) is 5.91 Å². The van der Waals surface area contributed by atoms with Crippen LogP contribution in [0.1, 0.15) is 6.92 Å². The van der Waals surface area contributed by atoms with Crippen LogP contribution in [0.3, 0.4) is 0 Å². The van der Waals surface area contributed by atoms with E-state index in [9.17, 15) is 4.79 Å². The molecule has 2 rings (SSSR count). The first kappa shape index (κ1) is 14.2. The first-order valence-corrected chi connectivity index (χ1v) is 6.98. The topological polar surface area (TPSA) is 70.7 Å². The molecule has 0 radical (unpaired) electrons. The molecule has 1 amide bonds. The lowest BCUT2D eigenvalue weighted by atomic mass is 10.3. The third-order valence-electron chi connectivity index (χ3n) is 2.26. The minimum Gasteiger partial charge on any atom is -0.324 e. The van der Waals surface area contributed by atoms with Crippen molar-refractivity contribution in [3.63, 3.8) is 0 Å². The number of hydrogen-bond acceptors (Lipinski definition) is 4.